The fourth-order valence-electron chi connectivity index (χ4n) is 6.89. The molecule has 2 N–H and O–H groups in total. The first-order chi connectivity index (χ1) is 21.5. The van der Waals surface area contributed by atoms with Gasteiger partial charge in [0.15, 0.2) is 6.17 Å². The van der Waals surface area contributed by atoms with Gasteiger partial charge in [0.1, 0.15) is 12.0 Å². The zero-order valence-corrected chi connectivity index (χ0v) is 25.5. The zero-order valence-electron chi connectivity index (χ0n) is 25.5. The van der Waals surface area contributed by atoms with Crippen LogP contribution in [0.15, 0.2) is 90.4 Å². The number of hydrazine groups is 1. The van der Waals surface area contributed by atoms with E-state index in [1.165, 1.54) is 22.5 Å². The molecule has 228 valence electrons. The number of benzene rings is 2. The van der Waals surface area contributed by atoms with E-state index in [-0.39, 0.29) is 18.1 Å². The minimum Gasteiger partial charge on any atom is -0.369 e. The van der Waals surface area contributed by atoms with E-state index in [1.54, 1.807) is 5.01 Å². The maximum absolute atomic E-state index is 13.6. The molecule has 2 aromatic carbocycles. The fraction of sp³-hybridized carbons (Fsp3) is 0.382. The van der Waals surface area contributed by atoms with Crippen molar-refractivity contribution in [1.29, 1.82) is 0 Å². The number of amidine groups is 1. The lowest BCUT2D eigenvalue weighted by molar-refractivity contribution is -0.126. The number of nitrogens with one attached hydrogen (secondary N) is 2. The molecule has 5 heterocycles. The van der Waals surface area contributed by atoms with Crippen molar-refractivity contribution in [3.63, 3.8) is 0 Å². The standard InChI is InChI=1S/C34H41N9O/c1-39-16-21-43-30-22-26(24-41-17-19-42(20-18-41)28-12-14-35-15-13-28)8-9-27(30)10-11-29(34(39)43)36-33(44)32-37-31(38-40(32)2)23-25-6-4-3-5-7-25/h3-9,12-16,21-22,29,32,34H,10-11,17-20,23-24H2,1-2H3,(H,36,44)(H,37,38). The number of aromatic nitrogens is 1. The number of piperazine rings is 1. The van der Waals surface area contributed by atoms with E-state index in [9.17, 15) is 4.79 Å². The molecule has 3 unspecified atom stereocenters. The van der Waals surface area contributed by atoms with Crippen LogP contribution in [0.1, 0.15) is 23.1 Å². The summed E-state index contributed by atoms with van der Waals surface area (Å²) in [6.07, 6.45) is 9.84. The summed E-state index contributed by atoms with van der Waals surface area (Å²) in [6.45, 7) is 5.02. The number of hydrogen-bond acceptors (Lipinski definition) is 9. The molecule has 3 aromatic rings. The Morgan fingerprint density at radius 3 is 2.55 bits per heavy atom. The van der Waals surface area contributed by atoms with Crippen LogP contribution in [0.5, 0.6) is 0 Å². The third-order valence-corrected chi connectivity index (χ3v) is 9.21. The number of aliphatic imine (C=N–C) groups is 1. The Bertz CT molecular complexity index is 1520. The highest BCUT2D eigenvalue weighted by atomic mass is 16.2. The SMILES string of the molecule is CN1C=CN2c3cc(CN4CCN(c5ccncc5)CC4)ccc3CCC(NC(=O)C3N=C(Cc4ccccc4)NN3C)C12. The molecule has 44 heavy (non-hydrogen) atoms. The van der Waals surface area contributed by atoms with E-state index >= 15 is 0 Å². The summed E-state index contributed by atoms with van der Waals surface area (Å²) in [6, 6.07) is 21.3. The normalized spacial score (nSPS) is 23.5. The van der Waals surface area contributed by atoms with Gasteiger partial charge in [0, 0.05) is 89.4 Å². The van der Waals surface area contributed by atoms with Gasteiger partial charge in [-0.25, -0.2) is 4.99 Å². The highest BCUT2D eigenvalue weighted by molar-refractivity contribution is 5.91. The van der Waals surface area contributed by atoms with Gasteiger partial charge in [-0.2, -0.15) is 5.01 Å². The number of carbonyl (C=O) groups excluding carboxylic acids is 1. The number of pyridine rings is 1. The molecular weight excluding hydrogens is 550 g/mol. The lowest BCUT2D eigenvalue weighted by atomic mass is 10.0. The van der Waals surface area contributed by atoms with Crippen LogP contribution < -0.4 is 20.5 Å². The van der Waals surface area contributed by atoms with Gasteiger partial charge >= 0.3 is 0 Å². The third kappa shape index (κ3) is 5.87. The number of anilines is 2. The molecule has 10 heteroatoms. The Labute approximate surface area is 259 Å². The molecule has 0 bridgehead atoms. The van der Waals surface area contributed by atoms with Crippen LogP contribution in [0, 0.1) is 0 Å². The molecule has 3 atom stereocenters. The van der Waals surface area contributed by atoms with Gasteiger partial charge in [-0.15, -0.1) is 0 Å². The van der Waals surface area contributed by atoms with Crippen LogP contribution in [0.2, 0.25) is 0 Å². The molecule has 0 aliphatic carbocycles. The predicted octanol–water partition coefficient (Wildman–Crippen LogP) is 2.80. The second kappa shape index (κ2) is 12.3. The lowest BCUT2D eigenvalue weighted by Gasteiger charge is -2.37. The van der Waals surface area contributed by atoms with Crippen molar-refractivity contribution in [3.8, 4) is 0 Å². The molecule has 4 aliphatic heterocycles. The van der Waals surface area contributed by atoms with Crippen LogP contribution >= 0.6 is 0 Å². The fourth-order valence-corrected chi connectivity index (χ4v) is 6.89. The van der Waals surface area contributed by atoms with Crippen molar-refractivity contribution in [1.82, 2.24) is 30.5 Å². The van der Waals surface area contributed by atoms with E-state index in [2.05, 4.69) is 97.2 Å². The summed E-state index contributed by atoms with van der Waals surface area (Å²) in [5, 5.41) is 5.18. The first-order valence-electron chi connectivity index (χ1n) is 15.6. The third-order valence-electron chi connectivity index (χ3n) is 9.21. The van der Waals surface area contributed by atoms with Crippen molar-refractivity contribution in [2.75, 3.05) is 50.1 Å². The Balaban J connectivity index is 1.02. The van der Waals surface area contributed by atoms with Crippen LogP contribution in [-0.4, -0.2) is 90.2 Å². The number of hydrogen-bond donors (Lipinski definition) is 2. The van der Waals surface area contributed by atoms with Crippen LogP contribution in [0.4, 0.5) is 11.4 Å². The minimum absolute atomic E-state index is 0.00629. The van der Waals surface area contributed by atoms with E-state index < -0.39 is 6.17 Å². The van der Waals surface area contributed by atoms with Gasteiger partial charge in [-0.1, -0.05) is 42.5 Å². The second-order valence-corrected chi connectivity index (χ2v) is 12.2. The smallest absolute Gasteiger partial charge is 0.261 e. The monoisotopic (exact) mass is 591 g/mol. The van der Waals surface area contributed by atoms with Crippen LogP contribution in [0.3, 0.4) is 0 Å². The van der Waals surface area contributed by atoms with E-state index in [0.717, 1.165) is 57.0 Å². The van der Waals surface area contributed by atoms with Crippen LogP contribution in [0.25, 0.3) is 0 Å². The quantitative estimate of drug-likeness (QED) is 0.434. The summed E-state index contributed by atoms with van der Waals surface area (Å²) in [5.74, 6) is 0.727. The molecule has 1 amide bonds. The van der Waals surface area contributed by atoms with Gasteiger partial charge in [-0.05, 0) is 47.7 Å². The molecule has 7 rings (SSSR count). The second-order valence-electron chi connectivity index (χ2n) is 12.2. The first-order valence-corrected chi connectivity index (χ1v) is 15.6. The highest BCUT2D eigenvalue weighted by Gasteiger charge is 2.39. The topological polar surface area (TPSA) is 82.6 Å². The number of fused-ring (bicyclic) bond motifs is 3. The van der Waals surface area contributed by atoms with Gasteiger partial charge in [0.2, 0.25) is 0 Å². The summed E-state index contributed by atoms with van der Waals surface area (Å²) >= 11 is 0. The largest absolute Gasteiger partial charge is 0.369 e. The number of amides is 1. The summed E-state index contributed by atoms with van der Waals surface area (Å²) in [5.41, 5.74) is 9.58. The Hall–Kier alpha value is -4.41. The molecular formula is C34H41N9O. The molecule has 4 aliphatic rings. The molecule has 0 spiro atoms. The number of nitrogens with zero attached hydrogens (tertiary/aromatic N) is 7. The summed E-state index contributed by atoms with van der Waals surface area (Å²) in [4.78, 5) is 32.1. The summed E-state index contributed by atoms with van der Waals surface area (Å²) < 4.78 is 0. The first kappa shape index (κ1) is 28.4. The van der Waals surface area contributed by atoms with Crippen molar-refractivity contribution >= 4 is 23.1 Å². The molecule has 0 saturated carbocycles. The number of aryl methyl sites for hydroxylation is 1. The Morgan fingerprint density at radius 2 is 1.75 bits per heavy atom. The molecule has 1 saturated heterocycles. The average Bonchev–Trinajstić information content (AvgIpc) is 3.57. The maximum Gasteiger partial charge on any atom is 0.261 e. The van der Waals surface area contributed by atoms with E-state index in [1.807, 2.05) is 37.6 Å². The van der Waals surface area contributed by atoms with Crippen LogP contribution in [-0.2, 0) is 24.2 Å². The molecule has 10 nitrogen and oxygen atoms in total. The minimum atomic E-state index is -0.599. The van der Waals surface area contributed by atoms with Gasteiger partial charge in [0.05, 0.1) is 6.04 Å². The van der Waals surface area contributed by atoms with Crippen molar-refractivity contribution < 1.29 is 4.79 Å². The molecule has 0 radical (unpaired) electrons. The van der Waals surface area contributed by atoms with Crippen molar-refractivity contribution in [2.24, 2.45) is 4.99 Å². The Kier molecular flexibility index (Phi) is 7.93. The lowest BCUT2D eigenvalue weighted by Crippen LogP contribution is -2.56. The summed E-state index contributed by atoms with van der Waals surface area (Å²) in [7, 11) is 3.97. The predicted molar refractivity (Wildman–Crippen MR) is 174 cm³/mol. The Morgan fingerprint density at radius 1 is 0.955 bits per heavy atom. The number of rotatable bonds is 7. The number of carbonyl (C=O) groups is 1. The van der Waals surface area contributed by atoms with Gasteiger partial charge in [0.25, 0.3) is 5.91 Å². The highest BCUT2D eigenvalue weighted by Crippen LogP contribution is 2.35. The molecule has 1 fully saturated rings. The van der Waals surface area contributed by atoms with Gasteiger partial charge in [-0.3, -0.25) is 14.7 Å². The van der Waals surface area contributed by atoms with E-state index in [0.29, 0.717) is 6.42 Å². The van der Waals surface area contributed by atoms with Crippen molar-refractivity contribution in [3.05, 3.63) is 102 Å². The van der Waals surface area contributed by atoms with Crippen molar-refractivity contribution in [2.45, 2.75) is 44.2 Å². The average molecular weight is 592 g/mol. The maximum atomic E-state index is 13.6. The van der Waals surface area contributed by atoms with Gasteiger partial charge < -0.3 is 25.4 Å². The number of likely N-dealkylation sites (N-methyl/N-ethyl adjacent to an activating group) is 2. The molecule has 1 aromatic heterocycles. The zero-order chi connectivity index (χ0) is 30.0. The van der Waals surface area contributed by atoms with E-state index in [4.69, 9.17) is 4.99 Å².